The highest BCUT2D eigenvalue weighted by Crippen LogP contribution is 2.58. The van der Waals surface area contributed by atoms with Crippen LogP contribution in [0.3, 0.4) is 0 Å². The van der Waals surface area contributed by atoms with Crippen LogP contribution in [0.2, 0.25) is 0 Å². The van der Waals surface area contributed by atoms with Crippen molar-refractivity contribution in [3.05, 3.63) is 137 Å². The first-order valence-electron chi connectivity index (χ1n) is 23.6. The molecule has 0 aromatic heterocycles. The minimum atomic E-state index is -2.24. The Morgan fingerprint density at radius 1 is 0.324 bits per heavy atom. The highest BCUT2D eigenvalue weighted by Gasteiger charge is 2.38. The average molecular weight is 1010 g/mol. The lowest BCUT2D eigenvalue weighted by atomic mass is 9.74. The van der Waals surface area contributed by atoms with E-state index in [0.29, 0.717) is 63.2 Å². The fourth-order valence-corrected chi connectivity index (χ4v) is 9.84. The molecule has 6 aromatic rings. The smallest absolute Gasteiger partial charge is 0.497 e. The van der Waals surface area contributed by atoms with Crippen molar-refractivity contribution in [2.75, 3.05) is 28.4 Å². The summed E-state index contributed by atoms with van der Waals surface area (Å²) in [6.07, 6.45) is 0. The molecule has 6 rings (SSSR count). The van der Waals surface area contributed by atoms with Crippen LogP contribution in [0.5, 0.6) is 63.2 Å². The molecule has 0 heterocycles. The Balaban J connectivity index is 1.71. The van der Waals surface area contributed by atoms with Gasteiger partial charge in [0.25, 0.3) is 0 Å². The molecule has 0 unspecified atom stereocenters. The molecule has 0 amide bonds. The third-order valence-corrected chi connectivity index (χ3v) is 13.5. The van der Waals surface area contributed by atoms with E-state index in [-0.39, 0.29) is 5.41 Å². The maximum atomic E-state index is 7.42. The minimum absolute atomic E-state index is 0.315. The molecule has 0 N–H and O–H groups in total. The van der Waals surface area contributed by atoms with Gasteiger partial charge in [0.15, 0.2) is 0 Å². The number of hydrogen-bond donors (Lipinski definition) is 0. The summed E-state index contributed by atoms with van der Waals surface area (Å²) in [4.78, 5) is 0. The lowest BCUT2D eigenvalue weighted by molar-refractivity contribution is 0.129. The first-order chi connectivity index (χ1) is 33.3. The lowest BCUT2D eigenvalue weighted by Gasteiger charge is -2.35. The van der Waals surface area contributed by atoms with E-state index in [2.05, 4.69) is 109 Å². The first kappa shape index (κ1) is 54.3. The van der Waals surface area contributed by atoms with Gasteiger partial charge in [-0.1, -0.05) is 68.4 Å². The van der Waals surface area contributed by atoms with Crippen molar-refractivity contribution >= 4 is 17.2 Å². The molecule has 11 nitrogen and oxygen atoms in total. The molecule has 0 fully saturated rings. The topological polar surface area (TPSA) is 102 Å². The van der Waals surface area contributed by atoms with Crippen molar-refractivity contribution in [1.29, 1.82) is 0 Å². The fraction of sp³-hybridized carbons (Fsp3) is 0.379. The Hall–Kier alpha value is -6.02. The van der Waals surface area contributed by atoms with Gasteiger partial charge in [0.1, 0.15) is 68.8 Å². The third-order valence-electron chi connectivity index (χ3n) is 11.4. The second-order valence-corrected chi connectivity index (χ2v) is 23.2. The highest BCUT2D eigenvalue weighted by atomic mass is 31.2. The van der Waals surface area contributed by atoms with Crippen molar-refractivity contribution in [3.63, 3.8) is 0 Å². The van der Waals surface area contributed by atoms with Crippen molar-refractivity contribution in [2.45, 2.75) is 119 Å². The average Bonchev–Trinajstić information content (AvgIpc) is 3.30. The van der Waals surface area contributed by atoms with Crippen LogP contribution < -0.4 is 50.8 Å². The van der Waals surface area contributed by atoms with Gasteiger partial charge in [0, 0.05) is 27.8 Å². The Labute approximate surface area is 425 Å². The zero-order valence-electron chi connectivity index (χ0n) is 44.8. The Morgan fingerprint density at radius 3 is 0.859 bits per heavy atom. The number of hydrogen-bond acceptors (Lipinski definition) is 11. The van der Waals surface area contributed by atoms with Crippen LogP contribution in [-0.2, 0) is 16.2 Å². The summed E-state index contributed by atoms with van der Waals surface area (Å²) >= 11 is 0. The number of rotatable bonds is 18. The molecule has 71 heavy (non-hydrogen) atoms. The summed E-state index contributed by atoms with van der Waals surface area (Å²) in [5, 5.41) is 0. The number of methoxy groups -OCH3 is 4. The van der Waals surface area contributed by atoms with Crippen molar-refractivity contribution in [3.8, 4) is 74.4 Å². The van der Waals surface area contributed by atoms with Crippen LogP contribution in [0, 0.1) is 13.8 Å². The molecule has 0 atom stereocenters. The second kappa shape index (κ2) is 22.2. The molecule has 0 aliphatic rings. The second-order valence-electron chi connectivity index (χ2n) is 21.2. The van der Waals surface area contributed by atoms with Crippen LogP contribution in [0.4, 0.5) is 0 Å². The Bertz CT molecular complexity index is 2610. The highest BCUT2D eigenvalue weighted by molar-refractivity contribution is 7.43. The van der Waals surface area contributed by atoms with E-state index in [1.54, 1.807) is 28.4 Å². The van der Waals surface area contributed by atoms with Crippen LogP contribution >= 0.6 is 17.2 Å². The molecule has 0 saturated heterocycles. The van der Waals surface area contributed by atoms with Crippen molar-refractivity contribution < 1.29 is 50.8 Å². The maximum absolute atomic E-state index is 7.42. The molecular formula is C58H72O11P2. The van der Waals surface area contributed by atoms with Crippen molar-refractivity contribution in [2.24, 2.45) is 0 Å². The summed E-state index contributed by atoms with van der Waals surface area (Å²) in [5.74, 6) is 6.64. The molecule has 13 heteroatoms. The minimum Gasteiger partial charge on any atom is -0.497 e. The molecule has 380 valence electrons. The molecule has 6 aromatic carbocycles. The SMILES string of the molecule is COc1ccc(OP(Oc2ccc(OC)cc2)Oc2c(C(C)(C)C)cc(OC(C)(C)C)c(C)c2-c2c(C)c(C(C)(C)C)cc(C(C)(C)C)c2OP(Oc2ccc(OC)cc2)Oc2ccc(OC)cc2)cc1. The van der Waals surface area contributed by atoms with E-state index in [1.807, 2.05) is 97.1 Å². The van der Waals surface area contributed by atoms with E-state index >= 15 is 0 Å². The summed E-state index contributed by atoms with van der Waals surface area (Å²) < 4.78 is 70.7. The predicted molar refractivity (Wildman–Crippen MR) is 287 cm³/mol. The maximum Gasteiger partial charge on any atom is 0.530 e. The van der Waals surface area contributed by atoms with Gasteiger partial charge in [-0.15, -0.1) is 0 Å². The van der Waals surface area contributed by atoms with E-state index in [1.165, 1.54) is 0 Å². The molecule has 0 saturated carbocycles. The van der Waals surface area contributed by atoms with E-state index in [9.17, 15) is 0 Å². The molecule has 0 radical (unpaired) electrons. The summed E-state index contributed by atoms with van der Waals surface area (Å²) in [7, 11) is 2.05. The van der Waals surface area contributed by atoms with Gasteiger partial charge in [-0.3, -0.25) is 0 Å². The lowest BCUT2D eigenvalue weighted by Crippen LogP contribution is -2.25. The zero-order valence-corrected chi connectivity index (χ0v) is 46.6. The van der Waals surface area contributed by atoms with Gasteiger partial charge in [0.05, 0.1) is 28.4 Å². The zero-order chi connectivity index (χ0) is 52.1. The van der Waals surface area contributed by atoms with Gasteiger partial charge in [-0.05, 0) is 165 Å². The van der Waals surface area contributed by atoms with Crippen molar-refractivity contribution in [1.82, 2.24) is 0 Å². The third kappa shape index (κ3) is 13.9. The monoisotopic (exact) mass is 1010 g/mol. The molecule has 0 spiro atoms. The van der Waals surface area contributed by atoms with Gasteiger partial charge < -0.3 is 50.8 Å². The van der Waals surface area contributed by atoms with Crippen LogP contribution in [0.1, 0.15) is 111 Å². The molecule has 0 aliphatic heterocycles. The Kier molecular flexibility index (Phi) is 17.0. The summed E-state index contributed by atoms with van der Waals surface area (Å²) in [6, 6.07) is 33.7. The largest absolute Gasteiger partial charge is 0.530 e. The summed E-state index contributed by atoms with van der Waals surface area (Å²) in [5.41, 5.74) is 4.38. The predicted octanol–water partition coefficient (Wildman–Crippen LogP) is 16.6. The van der Waals surface area contributed by atoms with Crippen LogP contribution in [0.25, 0.3) is 11.1 Å². The van der Waals surface area contributed by atoms with Crippen LogP contribution in [-0.4, -0.2) is 34.0 Å². The fourth-order valence-electron chi connectivity index (χ4n) is 7.76. The molecular weight excluding hydrogens is 935 g/mol. The quantitative estimate of drug-likeness (QED) is 0.0769. The Morgan fingerprint density at radius 2 is 0.592 bits per heavy atom. The van der Waals surface area contributed by atoms with Gasteiger partial charge in [-0.2, -0.15) is 0 Å². The van der Waals surface area contributed by atoms with Gasteiger partial charge >= 0.3 is 17.2 Å². The standard InChI is InChI=1S/C58H72O11P2/c1-37-47(55(3,4)5)35-48(56(6,7)8)53(68-70(64-43-27-19-39(59-15)20-28-43)65-44-29-21-40(60-16)22-30-44)51(37)52-38(2)50(63-58(12,13)14)36-49(57(9,10)11)54(52)69-71(66-45-31-23-41(61-17)24-32-45)67-46-33-25-42(62-18)26-34-46/h19-36H,1-18H3. The van der Waals surface area contributed by atoms with E-state index in [0.717, 1.165) is 38.9 Å². The van der Waals surface area contributed by atoms with Gasteiger partial charge in [0.2, 0.25) is 0 Å². The first-order valence-corrected chi connectivity index (χ1v) is 25.8. The summed E-state index contributed by atoms with van der Waals surface area (Å²) in [6.45, 7) is 30.1. The number of benzene rings is 6. The normalized spacial score (nSPS) is 12.1. The van der Waals surface area contributed by atoms with Gasteiger partial charge in [-0.25, -0.2) is 0 Å². The molecule has 0 aliphatic carbocycles. The van der Waals surface area contributed by atoms with Crippen LogP contribution in [0.15, 0.2) is 109 Å². The number of ether oxygens (including phenoxy) is 5. The van der Waals surface area contributed by atoms with E-state index in [4.69, 9.17) is 50.8 Å². The van der Waals surface area contributed by atoms with E-state index < -0.39 is 33.6 Å². The molecule has 0 bridgehead atoms.